The molecule has 1 saturated carbocycles. The van der Waals surface area contributed by atoms with E-state index in [1.54, 1.807) is 7.11 Å². The Kier molecular flexibility index (Phi) is 4.27. The molecule has 1 aliphatic heterocycles. The first-order chi connectivity index (χ1) is 10.2. The van der Waals surface area contributed by atoms with Crippen LogP contribution >= 0.6 is 0 Å². The van der Waals surface area contributed by atoms with Gasteiger partial charge in [-0.05, 0) is 37.9 Å². The van der Waals surface area contributed by atoms with Gasteiger partial charge in [-0.2, -0.15) is 0 Å². The molecule has 114 valence electrons. The predicted octanol–water partition coefficient (Wildman–Crippen LogP) is 1.67. The Balaban J connectivity index is 1.61. The third-order valence-corrected chi connectivity index (χ3v) is 4.80. The summed E-state index contributed by atoms with van der Waals surface area (Å²) in [4.78, 5) is 12.7. The summed E-state index contributed by atoms with van der Waals surface area (Å²) in [6.07, 6.45) is 2.77. The normalized spacial score (nSPS) is 27.1. The zero-order valence-electron chi connectivity index (χ0n) is 12.6. The van der Waals surface area contributed by atoms with Crippen LogP contribution in [0.4, 0.5) is 0 Å². The van der Waals surface area contributed by atoms with Gasteiger partial charge >= 0.3 is 0 Å². The Morgan fingerprint density at radius 1 is 1.33 bits per heavy atom. The zero-order chi connectivity index (χ0) is 14.7. The van der Waals surface area contributed by atoms with E-state index in [0.29, 0.717) is 18.6 Å². The number of methoxy groups -OCH3 is 1. The second-order valence-electron chi connectivity index (χ2n) is 6.30. The highest BCUT2D eigenvalue weighted by atomic mass is 16.5. The lowest BCUT2D eigenvalue weighted by Crippen LogP contribution is -2.50. The number of benzene rings is 1. The molecule has 0 radical (unpaired) electrons. The number of piperidine rings is 1. The van der Waals surface area contributed by atoms with Crippen LogP contribution in [0.5, 0.6) is 0 Å². The largest absolute Gasteiger partial charge is 0.384 e. The van der Waals surface area contributed by atoms with Crippen LogP contribution < -0.4 is 10.6 Å². The molecule has 2 atom stereocenters. The topological polar surface area (TPSA) is 50.4 Å². The van der Waals surface area contributed by atoms with E-state index in [2.05, 4.69) is 34.9 Å². The van der Waals surface area contributed by atoms with Gasteiger partial charge in [0.25, 0.3) is 0 Å². The molecule has 1 heterocycles. The molecule has 1 saturated heterocycles. The lowest BCUT2D eigenvalue weighted by Gasteiger charge is -2.35. The molecule has 0 bridgehead atoms. The molecule has 3 rings (SSSR count). The van der Waals surface area contributed by atoms with Crippen molar-refractivity contribution in [2.45, 2.75) is 31.2 Å². The monoisotopic (exact) mass is 288 g/mol. The standard InChI is InChI=1S/C17H24N2O2/c1-21-12-17(7-9-18-10-8-17)16(20)19-15-11-14(15)13-5-3-2-4-6-13/h2-6,14-15,18H,7-12H2,1H3,(H,19,20). The Morgan fingerprint density at radius 3 is 2.71 bits per heavy atom. The summed E-state index contributed by atoms with van der Waals surface area (Å²) >= 11 is 0. The number of hydrogen-bond acceptors (Lipinski definition) is 3. The van der Waals surface area contributed by atoms with Crippen LogP contribution in [0.15, 0.2) is 30.3 Å². The van der Waals surface area contributed by atoms with E-state index >= 15 is 0 Å². The molecule has 1 amide bonds. The first-order valence-corrected chi connectivity index (χ1v) is 7.81. The van der Waals surface area contributed by atoms with Crippen LogP contribution in [0, 0.1) is 5.41 Å². The van der Waals surface area contributed by atoms with Crippen LogP contribution in [-0.2, 0) is 9.53 Å². The SMILES string of the molecule is COCC1(C(=O)NC2CC2c2ccccc2)CCNCC1. The van der Waals surface area contributed by atoms with Crippen molar-refractivity contribution >= 4 is 5.91 Å². The van der Waals surface area contributed by atoms with Gasteiger partial charge in [0.15, 0.2) is 0 Å². The Hall–Kier alpha value is -1.39. The van der Waals surface area contributed by atoms with Crippen LogP contribution in [0.2, 0.25) is 0 Å². The maximum absolute atomic E-state index is 12.7. The fraction of sp³-hybridized carbons (Fsp3) is 0.588. The van der Waals surface area contributed by atoms with Crippen molar-refractivity contribution in [1.29, 1.82) is 0 Å². The molecule has 4 nitrogen and oxygen atoms in total. The van der Waals surface area contributed by atoms with E-state index in [4.69, 9.17) is 4.74 Å². The quantitative estimate of drug-likeness (QED) is 0.866. The minimum Gasteiger partial charge on any atom is -0.384 e. The van der Waals surface area contributed by atoms with Gasteiger partial charge < -0.3 is 15.4 Å². The highest BCUT2D eigenvalue weighted by molar-refractivity contribution is 5.83. The maximum atomic E-state index is 12.7. The summed E-state index contributed by atoms with van der Waals surface area (Å²) in [6, 6.07) is 10.7. The smallest absolute Gasteiger partial charge is 0.228 e. The molecular formula is C17H24N2O2. The fourth-order valence-corrected chi connectivity index (χ4v) is 3.36. The van der Waals surface area contributed by atoms with Crippen LogP contribution in [0.3, 0.4) is 0 Å². The van der Waals surface area contributed by atoms with Crippen LogP contribution in [0.25, 0.3) is 0 Å². The Bertz CT molecular complexity index is 477. The van der Waals surface area contributed by atoms with E-state index in [0.717, 1.165) is 32.4 Å². The summed E-state index contributed by atoms with van der Waals surface area (Å²) in [7, 11) is 1.68. The minimum absolute atomic E-state index is 0.175. The summed E-state index contributed by atoms with van der Waals surface area (Å²) in [5.41, 5.74) is 0.984. The second kappa shape index (κ2) is 6.16. The van der Waals surface area contributed by atoms with Crippen molar-refractivity contribution in [3.8, 4) is 0 Å². The number of hydrogen-bond donors (Lipinski definition) is 2. The van der Waals surface area contributed by atoms with E-state index in [9.17, 15) is 4.79 Å². The van der Waals surface area contributed by atoms with Gasteiger partial charge in [0.2, 0.25) is 5.91 Å². The van der Waals surface area contributed by atoms with Gasteiger partial charge in [-0.3, -0.25) is 4.79 Å². The molecule has 1 aromatic rings. The number of amides is 1. The number of nitrogens with one attached hydrogen (secondary N) is 2. The van der Waals surface area contributed by atoms with E-state index < -0.39 is 0 Å². The van der Waals surface area contributed by atoms with E-state index in [1.807, 2.05) is 6.07 Å². The maximum Gasteiger partial charge on any atom is 0.228 e. The van der Waals surface area contributed by atoms with Crippen molar-refractivity contribution in [3.05, 3.63) is 35.9 Å². The predicted molar refractivity (Wildman–Crippen MR) is 82.1 cm³/mol. The fourth-order valence-electron chi connectivity index (χ4n) is 3.36. The number of rotatable bonds is 5. The molecule has 4 heteroatoms. The minimum atomic E-state index is -0.343. The summed E-state index contributed by atoms with van der Waals surface area (Å²) in [6.45, 7) is 2.30. The molecule has 21 heavy (non-hydrogen) atoms. The van der Waals surface area contributed by atoms with Crippen molar-refractivity contribution in [1.82, 2.24) is 10.6 Å². The second-order valence-corrected chi connectivity index (χ2v) is 6.30. The van der Waals surface area contributed by atoms with E-state index in [1.165, 1.54) is 5.56 Å². The van der Waals surface area contributed by atoms with E-state index in [-0.39, 0.29) is 11.3 Å². The lowest BCUT2D eigenvalue weighted by atomic mass is 9.78. The molecule has 2 unspecified atom stereocenters. The molecule has 1 aliphatic carbocycles. The molecule has 2 fully saturated rings. The van der Waals surface area contributed by atoms with Crippen molar-refractivity contribution in [2.24, 2.45) is 5.41 Å². The first-order valence-electron chi connectivity index (χ1n) is 7.81. The highest BCUT2D eigenvalue weighted by Gasteiger charge is 2.45. The Labute approximate surface area is 126 Å². The molecule has 2 N–H and O–H groups in total. The highest BCUT2D eigenvalue weighted by Crippen LogP contribution is 2.41. The van der Waals surface area contributed by atoms with Crippen molar-refractivity contribution in [2.75, 3.05) is 26.8 Å². The summed E-state index contributed by atoms with van der Waals surface area (Å²) in [5.74, 6) is 0.658. The van der Waals surface area contributed by atoms with Crippen molar-refractivity contribution in [3.63, 3.8) is 0 Å². The van der Waals surface area contributed by atoms with Gasteiger partial charge in [0.1, 0.15) is 0 Å². The number of carbonyl (C=O) groups is 1. The third-order valence-electron chi connectivity index (χ3n) is 4.80. The molecule has 0 spiro atoms. The average molecular weight is 288 g/mol. The van der Waals surface area contributed by atoms with Crippen LogP contribution in [-0.4, -0.2) is 38.8 Å². The zero-order valence-corrected chi connectivity index (χ0v) is 12.6. The Morgan fingerprint density at radius 2 is 2.05 bits per heavy atom. The number of carbonyl (C=O) groups excluding carboxylic acids is 1. The van der Waals surface area contributed by atoms with Gasteiger partial charge in [0.05, 0.1) is 12.0 Å². The third kappa shape index (κ3) is 3.11. The summed E-state index contributed by atoms with van der Waals surface area (Å²) < 4.78 is 5.33. The molecule has 0 aromatic heterocycles. The molecule has 2 aliphatic rings. The number of ether oxygens (including phenoxy) is 1. The molecule has 1 aromatic carbocycles. The summed E-state index contributed by atoms with van der Waals surface area (Å²) in [5, 5.41) is 6.57. The van der Waals surface area contributed by atoms with Gasteiger partial charge in [0, 0.05) is 19.1 Å². The molecular weight excluding hydrogens is 264 g/mol. The van der Waals surface area contributed by atoms with Crippen LogP contribution in [0.1, 0.15) is 30.7 Å². The van der Waals surface area contributed by atoms with Gasteiger partial charge in [-0.1, -0.05) is 30.3 Å². The first kappa shape index (κ1) is 14.5. The van der Waals surface area contributed by atoms with Gasteiger partial charge in [-0.25, -0.2) is 0 Å². The average Bonchev–Trinajstić information content (AvgIpc) is 3.28. The lowest BCUT2D eigenvalue weighted by molar-refractivity contribution is -0.136. The van der Waals surface area contributed by atoms with Gasteiger partial charge in [-0.15, -0.1) is 0 Å². The van der Waals surface area contributed by atoms with Crippen molar-refractivity contribution < 1.29 is 9.53 Å².